The second kappa shape index (κ2) is 4.03. The normalized spacial score (nSPS) is 31.9. The molecule has 0 aliphatic heterocycles. The highest BCUT2D eigenvalue weighted by Gasteiger charge is 2.74. The first kappa shape index (κ1) is 14.6. The predicted molar refractivity (Wildman–Crippen MR) is 48.1 cm³/mol. The number of hydrogen-bond acceptors (Lipinski definition) is 1. The molecule has 1 aliphatic rings. The molecule has 0 aromatic heterocycles. The molecule has 7 heteroatoms. The van der Waals surface area contributed by atoms with Crippen molar-refractivity contribution in [3.8, 4) is 0 Å². The fourth-order valence-electron chi connectivity index (χ4n) is 2.54. The summed E-state index contributed by atoms with van der Waals surface area (Å²) in [5.74, 6) is -2.89. The third-order valence-electron chi connectivity index (χ3n) is 3.87. The van der Waals surface area contributed by atoms with Gasteiger partial charge in [0.15, 0.2) is 0 Å². The zero-order valence-electron chi connectivity index (χ0n) is 9.36. The van der Waals surface area contributed by atoms with E-state index in [0.29, 0.717) is 0 Å². The molecule has 0 saturated heterocycles. The maximum absolute atomic E-state index is 12.6. The van der Waals surface area contributed by atoms with Gasteiger partial charge in [-0.15, -0.1) is 0 Å². The second-order valence-electron chi connectivity index (χ2n) is 4.78. The van der Waals surface area contributed by atoms with E-state index in [1.807, 2.05) is 0 Å². The molecule has 17 heavy (non-hydrogen) atoms. The number of alkyl halides is 6. The molecule has 1 nitrogen and oxygen atoms in total. The lowest BCUT2D eigenvalue weighted by Crippen LogP contribution is -2.62. The molecule has 102 valence electrons. The monoisotopic (exact) mass is 264 g/mol. The van der Waals surface area contributed by atoms with Crippen molar-refractivity contribution >= 4 is 0 Å². The molecule has 0 amide bonds. The lowest BCUT2D eigenvalue weighted by molar-refractivity contribution is -0.387. The van der Waals surface area contributed by atoms with Crippen molar-refractivity contribution < 1.29 is 31.4 Å². The Morgan fingerprint density at radius 3 is 1.53 bits per heavy atom. The van der Waals surface area contributed by atoms with Gasteiger partial charge < -0.3 is 5.11 Å². The molecule has 0 bridgehead atoms. The molecule has 0 heterocycles. The van der Waals surface area contributed by atoms with E-state index in [4.69, 9.17) is 0 Å². The van der Waals surface area contributed by atoms with Crippen molar-refractivity contribution in [1.82, 2.24) is 0 Å². The Morgan fingerprint density at radius 2 is 1.29 bits per heavy atom. The minimum atomic E-state index is -5.70. The highest BCUT2D eigenvalue weighted by Crippen LogP contribution is 2.55. The topological polar surface area (TPSA) is 20.2 Å². The van der Waals surface area contributed by atoms with Crippen LogP contribution < -0.4 is 0 Å². The van der Waals surface area contributed by atoms with Gasteiger partial charge in [0.1, 0.15) is 0 Å². The first-order valence-corrected chi connectivity index (χ1v) is 5.28. The number of halogens is 6. The molecular formula is C10H14F6O. The number of rotatable bonds is 1. The van der Waals surface area contributed by atoms with Crippen LogP contribution in [0.5, 0.6) is 0 Å². The third-order valence-corrected chi connectivity index (χ3v) is 3.87. The van der Waals surface area contributed by atoms with E-state index in [1.165, 1.54) is 6.92 Å². The summed E-state index contributed by atoms with van der Waals surface area (Å²) < 4.78 is 75.5. The summed E-state index contributed by atoms with van der Waals surface area (Å²) in [6.45, 7) is 2.92. The summed E-state index contributed by atoms with van der Waals surface area (Å²) in [6.07, 6.45) is -11.4. The van der Waals surface area contributed by atoms with Crippen molar-refractivity contribution in [2.24, 2.45) is 17.8 Å². The summed E-state index contributed by atoms with van der Waals surface area (Å²) in [7, 11) is 0. The van der Waals surface area contributed by atoms with Gasteiger partial charge >= 0.3 is 12.4 Å². The number of aliphatic hydroxyl groups is 1. The largest absolute Gasteiger partial charge is 0.426 e. The van der Waals surface area contributed by atoms with Crippen molar-refractivity contribution in [1.29, 1.82) is 0 Å². The van der Waals surface area contributed by atoms with Gasteiger partial charge in [0.05, 0.1) is 0 Å². The maximum atomic E-state index is 12.6. The molecule has 3 atom stereocenters. The molecule has 1 aliphatic carbocycles. The summed E-state index contributed by atoms with van der Waals surface area (Å²) in [5, 5.41) is 9.22. The second-order valence-corrected chi connectivity index (χ2v) is 4.78. The molecule has 0 radical (unpaired) electrons. The van der Waals surface area contributed by atoms with Crippen molar-refractivity contribution in [3.63, 3.8) is 0 Å². The summed E-state index contributed by atoms with van der Waals surface area (Å²) in [4.78, 5) is 0. The quantitative estimate of drug-likeness (QED) is 0.718. The molecule has 1 rings (SSSR count). The van der Waals surface area contributed by atoms with E-state index in [0.717, 1.165) is 0 Å². The number of hydrogen-bond donors (Lipinski definition) is 1. The molecule has 1 N–H and O–H groups in total. The van der Waals surface area contributed by atoms with Gasteiger partial charge in [-0.2, -0.15) is 26.3 Å². The first-order valence-electron chi connectivity index (χ1n) is 5.28. The van der Waals surface area contributed by atoms with Crippen LogP contribution >= 0.6 is 0 Å². The van der Waals surface area contributed by atoms with Gasteiger partial charge in [-0.25, -0.2) is 0 Å². The van der Waals surface area contributed by atoms with Crippen LogP contribution in [-0.2, 0) is 0 Å². The van der Waals surface area contributed by atoms with Gasteiger partial charge in [0, 0.05) is 5.92 Å². The Balaban J connectivity index is 3.18. The highest BCUT2D eigenvalue weighted by atomic mass is 19.4. The fraction of sp³-hybridized carbons (Fsp3) is 1.00. The van der Waals surface area contributed by atoms with Gasteiger partial charge in [-0.1, -0.05) is 20.3 Å². The van der Waals surface area contributed by atoms with Crippen molar-refractivity contribution in [3.05, 3.63) is 0 Å². The van der Waals surface area contributed by atoms with E-state index in [1.54, 1.807) is 6.92 Å². The maximum Gasteiger partial charge on any atom is 0.426 e. The van der Waals surface area contributed by atoms with E-state index >= 15 is 0 Å². The van der Waals surface area contributed by atoms with E-state index in [9.17, 15) is 31.4 Å². The smallest absolute Gasteiger partial charge is 0.373 e. The molecule has 0 aromatic rings. The molecule has 3 unspecified atom stereocenters. The Morgan fingerprint density at radius 1 is 0.882 bits per heavy atom. The first-order chi connectivity index (χ1) is 7.43. The predicted octanol–water partition coefficient (Wildman–Crippen LogP) is 3.52. The highest BCUT2D eigenvalue weighted by molar-refractivity contribution is 5.03. The molecular weight excluding hydrogens is 250 g/mol. The Kier molecular flexibility index (Phi) is 3.46. The molecule has 0 aromatic carbocycles. The Hall–Kier alpha value is -0.460. The SMILES string of the molecule is CC1CCC(C(O)(C(F)(F)F)C(F)(F)F)C1C. The lowest BCUT2D eigenvalue weighted by Gasteiger charge is -2.39. The van der Waals surface area contributed by atoms with Crippen LogP contribution in [0, 0.1) is 17.8 Å². The lowest BCUT2D eigenvalue weighted by atomic mass is 9.78. The zero-order valence-corrected chi connectivity index (χ0v) is 9.36. The summed E-state index contributed by atoms with van der Waals surface area (Å²) >= 11 is 0. The van der Waals surface area contributed by atoms with E-state index in [2.05, 4.69) is 0 Å². The summed E-state index contributed by atoms with van der Waals surface area (Å²) in [6, 6.07) is 0. The average molecular weight is 264 g/mol. The van der Waals surface area contributed by atoms with Crippen LogP contribution in [0.3, 0.4) is 0 Å². The molecule has 1 saturated carbocycles. The third kappa shape index (κ3) is 2.13. The van der Waals surface area contributed by atoms with Crippen molar-refractivity contribution in [2.75, 3.05) is 0 Å². The van der Waals surface area contributed by atoms with Gasteiger partial charge in [0.25, 0.3) is 5.60 Å². The Labute approximate surface area is 94.8 Å². The molecule has 0 spiro atoms. The van der Waals surface area contributed by atoms with Crippen LogP contribution in [0.25, 0.3) is 0 Å². The standard InChI is InChI=1S/C10H14F6O/c1-5-3-4-7(6(5)2)8(17,9(11,12)13)10(14,15)16/h5-7,17H,3-4H2,1-2H3. The van der Waals surface area contributed by atoms with Crippen LogP contribution in [-0.4, -0.2) is 23.1 Å². The van der Waals surface area contributed by atoms with Crippen molar-refractivity contribution in [2.45, 2.75) is 44.6 Å². The average Bonchev–Trinajstić information content (AvgIpc) is 2.43. The fourth-order valence-corrected chi connectivity index (χ4v) is 2.54. The zero-order chi connectivity index (χ0) is 13.6. The van der Waals surface area contributed by atoms with E-state index in [-0.39, 0.29) is 18.8 Å². The van der Waals surface area contributed by atoms with Gasteiger partial charge in [0.2, 0.25) is 0 Å². The van der Waals surface area contributed by atoms with Crippen LogP contribution in [0.15, 0.2) is 0 Å². The summed E-state index contributed by atoms with van der Waals surface area (Å²) in [5.41, 5.74) is -4.59. The minimum absolute atomic E-state index is 0.253. The van der Waals surface area contributed by atoms with Crippen LogP contribution in [0.4, 0.5) is 26.3 Å². The van der Waals surface area contributed by atoms with Gasteiger partial charge in [-0.05, 0) is 18.3 Å². The Bertz CT molecular complexity index is 268. The van der Waals surface area contributed by atoms with Crippen LogP contribution in [0.2, 0.25) is 0 Å². The molecule has 1 fully saturated rings. The van der Waals surface area contributed by atoms with Crippen LogP contribution in [0.1, 0.15) is 26.7 Å². The minimum Gasteiger partial charge on any atom is -0.373 e. The van der Waals surface area contributed by atoms with Gasteiger partial charge in [-0.3, -0.25) is 0 Å². The van der Waals surface area contributed by atoms with E-state index < -0.39 is 29.8 Å².